The van der Waals surface area contributed by atoms with Crippen LogP contribution in [0.3, 0.4) is 0 Å². The average molecular weight is 214 g/mol. The van der Waals surface area contributed by atoms with E-state index in [1.165, 1.54) is 0 Å². The second-order valence-corrected chi connectivity index (χ2v) is 4.00. The number of nitrogens with zero attached hydrogens (tertiary/aromatic N) is 1. The number of guanidine groups is 1. The first-order chi connectivity index (χ1) is 7.00. The molecule has 1 aliphatic heterocycles. The minimum atomic E-state index is -0.941. The van der Waals surface area contributed by atoms with Crippen molar-refractivity contribution >= 4 is 11.9 Å². The van der Waals surface area contributed by atoms with Gasteiger partial charge < -0.3 is 21.5 Å². The van der Waals surface area contributed by atoms with Crippen LogP contribution in [0.2, 0.25) is 0 Å². The maximum Gasteiger partial charge on any atom is 0.320 e. The van der Waals surface area contributed by atoms with Gasteiger partial charge in [0.1, 0.15) is 6.04 Å². The molecule has 0 aromatic carbocycles. The number of likely N-dealkylation sites (tertiary alicyclic amines) is 1. The van der Waals surface area contributed by atoms with Gasteiger partial charge in [-0.2, -0.15) is 0 Å². The van der Waals surface area contributed by atoms with Crippen LogP contribution in [0.1, 0.15) is 19.3 Å². The summed E-state index contributed by atoms with van der Waals surface area (Å²) in [7, 11) is 0. The van der Waals surface area contributed by atoms with Gasteiger partial charge in [-0.3, -0.25) is 10.2 Å². The van der Waals surface area contributed by atoms with E-state index >= 15 is 0 Å². The number of hydrogen-bond acceptors (Lipinski definition) is 3. The Morgan fingerprint density at radius 3 is 2.47 bits per heavy atom. The fourth-order valence-corrected chi connectivity index (χ4v) is 1.87. The number of piperidine rings is 1. The normalized spacial score (nSPS) is 19.9. The van der Waals surface area contributed by atoms with E-state index in [4.69, 9.17) is 22.0 Å². The van der Waals surface area contributed by atoms with Crippen molar-refractivity contribution in [3.05, 3.63) is 0 Å². The van der Waals surface area contributed by atoms with Crippen LogP contribution in [0, 0.1) is 11.3 Å². The summed E-state index contributed by atoms with van der Waals surface area (Å²) < 4.78 is 0. The van der Waals surface area contributed by atoms with Crippen LogP contribution < -0.4 is 11.5 Å². The predicted octanol–water partition coefficient (Wildman–Crippen LogP) is -0.606. The predicted molar refractivity (Wildman–Crippen MR) is 56.4 cm³/mol. The molecular formula is C9H18N4O2. The summed E-state index contributed by atoms with van der Waals surface area (Å²) in [5.74, 6) is -0.508. The Morgan fingerprint density at radius 1 is 1.53 bits per heavy atom. The van der Waals surface area contributed by atoms with Gasteiger partial charge in [-0.1, -0.05) is 0 Å². The molecule has 0 spiro atoms. The number of nitrogens with two attached hydrogens (primary N) is 2. The lowest BCUT2D eigenvalue weighted by Gasteiger charge is -2.32. The van der Waals surface area contributed by atoms with Crippen LogP contribution in [-0.2, 0) is 4.79 Å². The molecule has 0 saturated carbocycles. The van der Waals surface area contributed by atoms with Crippen LogP contribution in [0.5, 0.6) is 0 Å². The molecule has 0 bridgehead atoms. The van der Waals surface area contributed by atoms with Crippen LogP contribution in [0.4, 0.5) is 0 Å². The van der Waals surface area contributed by atoms with Gasteiger partial charge in [-0.15, -0.1) is 0 Å². The first-order valence-corrected chi connectivity index (χ1v) is 5.08. The number of carboxylic acid groups (broad SMARTS) is 1. The van der Waals surface area contributed by atoms with Gasteiger partial charge in [0, 0.05) is 13.1 Å². The average Bonchev–Trinajstić information content (AvgIpc) is 2.18. The molecule has 1 saturated heterocycles. The van der Waals surface area contributed by atoms with Gasteiger partial charge in [0.15, 0.2) is 5.96 Å². The summed E-state index contributed by atoms with van der Waals surface area (Å²) in [6.07, 6.45) is 2.24. The van der Waals surface area contributed by atoms with Crippen molar-refractivity contribution in [2.24, 2.45) is 17.4 Å². The molecule has 1 heterocycles. The Hall–Kier alpha value is -1.30. The zero-order valence-corrected chi connectivity index (χ0v) is 8.65. The Kier molecular flexibility index (Phi) is 3.90. The fraction of sp³-hybridized carbons (Fsp3) is 0.778. The van der Waals surface area contributed by atoms with Crippen molar-refractivity contribution < 1.29 is 9.90 Å². The third kappa shape index (κ3) is 3.39. The highest BCUT2D eigenvalue weighted by Gasteiger charge is 2.23. The van der Waals surface area contributed by atoms with E-state index in [2.05, 4.69) is 0 Å². The molecule has 86 valence electrons. The highest BCUT2D eigenvalue weighted by atomic mass is 16.4. The lowest BCUT2D eigenvalue weighted by molar-refractivity contribution is -0.139. The van der Waals surface area contributed by atoms with Crippen LogP contribution in [-0.4, -0.2) is 41.1 Å². The molecular weight excluding hydrogens is 196 g/mol. The SMILES string of the molecule is N=C(N)N1CCC(C[C@H](N)C(=O)O)CC1. The lowest BCUT2D eigenvalue weighted by Crippen LogP contribution is -2.43. The number of carboxylic acids is 1. The van der Waals surface area contributed by atoms with E-state index in [1.54, 1.807) is 4.90 Å². The molecule has 6 nitrogen and oxygen atoms in total. The quantitative estimate of drug-likeness (QED) is 0.369. The number of hydrogen-bond donors (Lipinski definition) is 4. The van der Waals surface area contributed by atoms with E-state index in [1.807, 2.05) is 0 Å². The maximum absolute atomic E-state index is 10.6. The minimum absolute atomic E-state index is 0.0935. The van der Waals surface area contributed by atoms with E-state index < -0.39 is 12.0 Å². The first-order valence-electron chi connectivity index (χ1n) is 5.08. The summed E-state index contributed by atoms with van der Waals surface area (Å²) >= 11 is 0. The largest absolute Gasteiger partial charge is 0.480 e. The molecule has 1 rings (SSSR count). The zero-order chi connectivity index (χ0) is 11.4. The van der Waals surface area contributed by atoms with Crippen molar-refractivity contribution in [3.63, 3.8) is 0 Å². The van der Waals surface area contributed by atoms with Crippen LogP contribution >= 0.6 is 0 Å². The topological polar surface area (TPSA) is 116 Å². The van der Waals surface area contributed by atoms with Gasteiger partial charge in [0.25, 0.3) is 0 Å². The first kappa shape index (κ1) is 11.8. The van der Waals surface area contributed by atoms with Gasteiger partial charge >= 0.3 is 5.97 Å². The van der Waals surface area contributed by atoms with E-state index in [9.17, 15) is 4.79 Å². The second kappa shape index (κ2) is 4.97. The zero-order valence-electron chi connectivity index (χ0n) is 8.65. The molecule has 0 aromatic heterocycles. The molecule has 0 unspecified atom stereocenters. The number of carbonyl (C=O) groups is 1. The van der Waals surface area contributed by atoms with E-state index in [-0.39, 0.29) is 5.96 Å². The number of aliphatic carboxylic acids is 1. The lowest BCUT2D eigenvalue weighted by atomic mass is 9.90. The molecule has 1 fully saturated rings. The molecule has 6 heteroatoms. The summed E-state index contributed by atoms with van der Waals surface area (Å²) in [5.41, 5.74) is 10.8. The number of nitrogens with one attached hydrogen (secondary N) is 1. The van der Waals surface area contributed by atoms with Gasteiger partial charge in [0.05, 0.1) is 0 Å². The van der Waals surface area contributed by atoms with Crippen molar-refractivity contribution in [1.29, 1.82) is 5.41 Å². The molecule has 1 atom stereocenters. The molecule has 0 aliphatic carbocycles. The smallest absolute Gasteiger partial charge is 0.320 e. The minimum Gasteiger partial charge on any atom is -0.480 e. The standard InChI is InChI=1S/C9H18N4O2/c10-7(8(14)15)5-6-1-3-13(4-2-6)9(11)12/h6-7H,1-5,10H2,(H3,11,12)(H,14,15)/t7-/m0/s1. The molecule has 0 aromatic rings. The van der Waals surface area contributed by atoms with E-state index in [0.29, 0.717) is 12.3 Å². The van der Waals surface area contributed by atoms with Gasteiger partial charge in [-0.25, -0.2) is 0 Å². The van der Waals surface area contributed by atoms with Crippen molar-refractivity contribution in [1.82, 2.24) is 4.90 Å². The molecule has 0 amide bonds. The maximum atomic E-state index is 10.6. The Balaban J connectivity index is 2.31. The number of rotatable bonds is 3. The third-order valence-electron chi connectivity index (χ3n) is 2.86. The van der Waals surface area contributed by atoms with Crippen molar-refractivity contribution in [3.8, 4) is 0 Å². The van der Waals surface area contributed by atoms with Crippen molar-refractivity contribution in [2.45, 2.75) is 25.3 Å². The monoisotopic (exact) mass is 214 g/mol. The Bertz CT molecular complexity index is 248. The summed E-state index contributed by atoms with van der Waals surface area (Å²) in [6.45, 7) is 1.46. The highest BCUT2D eigenvalue weighted by molar-refractivity contribution is 5.74. The molecule has 0 radical (unpaired) electrons. The highest BCUT2D eigenvalue weighted by Crippen LogP contribution is 2.21. The van der Waals surface area contributed by atoms with E-state index in [0.717, 1.165) is 25.9 Å². The van der Waals surface area contributed by atoms with Crippen LogP contribution in [0.15, 0.2) is 0 Å². The molecule has 6 N–H and O–H groups in total. The molecule has 1 aliphatic rings. The van der Waals surface area contributed by atoms with Crippen LogP contribution in [0.25, 0.3) is 0 Å². The third-order valence-corrected chi connectivity index (χ3v) is 2.86. The molecule has 15 heavy (non-hydrogen) atoms. The second-order valence-electron chi connectivity index (χ2n) is 4.00. The Labute approximate surface area is 88.7 Å². The fourth-order valence-electron chi connectivity index (χ4n) is 1.87. The Morgan fingerprint density at radius 2 is 2.07 bits per heavy atom. The summed E-state index contributed by atoms with van der Waals surface area (Å²) in [4.78, 5) is 12.4. The summed E-state index contributed by atoms with van der Waals surface area (Å²) in [5, 5.41) is 15.9. The summed E-state index contributed by atoms with van der Waals surface area (Å²) in [6, 6.07) is -0.765. The van der Waals surface area contributed by atoms with Crippen molar-refractivity contribution in [2.75, 3.05) is 13.1 Å². The van der Waals surface area contributed by atoms with Gasteiger partial charge in [-0.05, 0) is 25.2 Å². The van der Waals surface area contributed by atoms with Gasteiger partial charge in [0.2, 0.25) is 0 Å².